The van der Waals surface area contributed by atoms with Crippen molar-refractivity contribution in [1.29, 1.82) is 0 Å². The SMILES string of the molecule is COc1cc2nnsc2cc1Nc1ncnc2sc3c(c12)CC[C@H](C(=O)NCCC(F)(F)F)C3. The van der Waals surface area contributed by atoms with Crippen molar-refractivity contribution in [3.05, 3.63) is 28.9 Å². The van der Waals surface area contributed by atoms with E-state index in [9.17, 15) is 18.0 Å². The van der Waals surface area contributed by atoms with Crippen molar-refractivity contribution >= 4 is 60.7 Å². The second-order valence-corrected chi connectivity index (χ2v) is 9.79. The molecule has 0 radical (unpaired) electrons. The van der Waals surface area contributed by atoms with E-state index in [0.717, 1.165) is 36.6 Å². The first-order chi connectivity index (χ1) is 16.3. The van der Waals surface area contributed by atoms with Crippen LogP contribution in [0.15, 0.2) is 18.5 Å². The van der Waals surface area contributed by atoms with Crippen LogP contribution in [-0.4, -0.2) is 45.3 Å². The molecule has 0 spiro atoms. The van der Waals surface area contributed by atoms with E-state index in [-0.39, 0.29) is 11.8 Å². The lowest BCUT2D eigenvalue weighted by atomic mass is 9.87. The Morgan fingerprint density at radius 1 is 1.29 bits per heavy atom. The normalized spacial score (nSPS) is 15.9. The van der Waals surface area contributed by atoms with Crippen molar-refractivity contribution < 1.29 is 22.7 Å². The van der Waals surface area contributed by atoms with Crippen molar-refractivity contribution in [2.75, 3.05) is 19.0 Å². The second-order valence-electron chi connectivity index (χ2n) is 7.92. The summed E-state index contributed by atoms with van der Waals surface area (Å²) in [6, 6.07) is 3.72. The highest BCUT2D eigenvalue weighted by molar-refractivity contribution is 7.19. The summed E-state index contributed by atoms with van der Waals surface area (Å²) in [4.78, 5) is 23.1. The molecule has 1 aliphatic carbocycles. The molecule has 1 aliphatic rings. The zero-order valence-corrected chi connectivity index (χ0v) is 19.5. The fourth-order valence-electron chi connectivity index (χ4n) is 4.10. The zero-order chi connectivity index (χ0) is 23.9. The smallest absolute Gasteiger partial charge is 0.390 e. The number of nitrogens with one attached hydrogen (secondary N) is 2. The van der Waals surface area contributed by atoms with Crippen LogP contribution in [0.4, 0.5) is 24.7 Å². The van der Waals surface area contributed by atoms with Gasteiger partial charge in [0.25, 0.3) is 0 Å². The Morgan fingerprint density at radius 3 is 2.94 bits per heavy atom. The molecule has 4 aromatic rings. The molecule has 8 nitrogen and oxygen atoms in total. The third-order valence-corrected chi connectivity index (χ3v) is 7.60. The predicted molar refractivity (Wildman–Crippen MR) is 124 cm³/mol. The number of carbonyl (C=O) groups excluding carboxylic acids is 1. The number of thiophene rings is 1. The molecular formula is C21H19F3N6O2S2. The average Bonchev–Trinajstić information content (AvgIpc) is 3.41. The van der Waals surface area contributed by atoms with E-state index < -0.39 is 19.1 Å². The number of aromatic nitrogens is 4. The number of amides is 1. The van der Waals surface area contributed by atoms with Gasteiger partial charge < -0.3 is 15.4 Å². The Morgan fingerprint density at radius 2 is 2.15 bits per heavy atom. The summed E-state index contributed by atoms with van der Waals surface area (Å²) in [5.41, 5.74) is 2.54. The molecule has 2 N–H and O–H groups in total. The summed E-state index contributed by atoms with van der Waals surface area (Å²) in [5, 5.41) is 10.7. The zero-order valence-electron chi connectivity index (χ0n) is 17.9. The topological polar surface area (TPSA) is 102 Å². The third-order valence-electron chi connectivity index (χ3n) is 5.75. The molecule has 5 rings (SSSR count). The number of nitrogens with zero attached hydrogens (tertiary/aromatic N) is 4. The number of methoxy groups -OCH3 is 1. The number of benzene rings is 1. The number of rotatable bonds is 6. The van der Waals surface area contributed by atoms with Crippen molar-refractivity contribution in [3.8, 4) is 5.75 Å². The summed E-state index contributed by atoms with van der Waals surface area (Å²) >= 11 is 2.77. The maximum absolute atomic E-state index is 12.4. The lowest BCUT2D eigenvalue weighted by Crippen LogP contribution is -2.35. The highest BCUT2D eigenvalue weighted by Gasteiger charge is 2.31. The lowest BCUT2D eigenvalue weighted by molar-refractivity contribution is -0.136. The number of ether oxygens (including phenoxy) is 1. The van der Waals surface area contributed by atoms with E-state index in [4.69, 9.17) is 4.74 Å². The van der Waals surface area contributed by atoms with Gasteiger partial charge >= 0.3 is 6.18 Å². The largest absolute Gasteiger partial charge is 0.494 e. The molecule has 13 heteroatoms. The molecular weight excluding hydrogens is 489 g/mol. The van der Waals surface area contributed by atoms with Crippen LogP contribution in [0.5, 0.6) is 5.75 Å². The Balaban J connectivity index is 1.40. The summed E-state index contributed by atoms with van der Waals surface area (Å²) in [6.07, 6.45) is -2.21. The van der Waals surface area contributed by atoms with Gasteiger partial charge in [-0.15, -0.1) is 16.4 Å². The molecule has 0 bridgehead atoms. The molecule has 34 heavy (non-hydrogen) atoms. The second kappa shape index (κ2) is 8.95. The van der Waals surface area contributed by atoms with E-state index in [1.165, 1.54) is 29.2 Å². The average molecular weight is 509 g/mol. The molecule has 0 aliphatic heterocycles. The molecule has 1 aromatic carbocycles. The number of carbonyl (C=O) groups is 1. The molecule has 1 amide bonds. The fraction of sp³-hybridized carbons (Fsp3) is 0.381. The number of halogens is 3. The summed E-state index contributed by atoms with van der Waals surface area (Å²) in [7, 11) is 1.58. The molecule has 1 atom stereocenters. The first-order valence-electron chi connectivity index (χ1n) is 10.5. The van der Waals surface area contributed by atoms with Gasteiger partial charge in [0.05, 0.1) is 29.3 Å². The number of alkyl halides is 3. The molecule has 0 saturated heterocycles. The monoisotopic (exact) mass is 508 g/mol. The highest BCUT2D eigenvalue weighted by atomic mass is 32.1. The minimum absolute atomic E-state index is 0.340. The Bertz CT molecular complexity index is 1370. The van der Waals surface area contributed by atoms with Gasteiger partial charge in [0.15, 0.2) is 0 Å². The van der Waals surface area contributed by atoms with E-state index in [2.05, 4.69) is 30.2 Å². The highest BCUT2D eigenvalue weighted by Crippen LogP contribution is 2.41. The maximum Gasteiger partial charge on any atom is 0.390 e. The van der Waals surface area contributed by atoms with Gasteiger partial charge in [0.2, 0.25) is 5.91 Å². The summed E-state index contributed by atoms with van der Waals surface area (Å²) in [5.74, 6) is 0.532. The third kappa shape index (κ3) is 4.49. The first-order valence-corrected chi connectivity index (χ1v) is 12.1. The molecule has 178 valence electrons. The van der Waals surface area contributed by atoms with Crippen LogP contribution < -0.4 is 15.4 Å². The van der Waals surface area contributed by atoms with Gasteiger partial charge in [-0.05, 0) is 42.4 Å². The molecule has 0 unspecified atom stereocenters. The number of hydrogen-bond acceptors (Lipinski definition) is 9. The molecule has 3 heterocycles. The van der Waals surface area contributed by atoms with Gasteiger partial charge in [-0.25, -0.2) is 9.97 Å². The Kier molecular flexibility index (Phi) is 5.98. The van der Waals surface area contributed by atoms with E-state index in [1.54, 1.807) is 7.11 Å². The van der Waals surface area contributed by atoms with E-state index in [0.29, 0.717) is 30.8 Å². The van der Waals surface area contributed by atoms with Crippen LogP contribution in [0, 0.1) is 5.92 Å². The first kappa shape index (κ1) is 22.7. The standard InChI is InChI=1S/C21H19F3N6O2S2/c1-32-14-7-13-16(34-30-29-13)8-12(14)28-18-17-11-3-2-10(19(31)25-5-4-21(22,23)24)6-15(11)33-20(17)27-9-26-18/h7-10H,2-6H2,1H3,(H,25,31)(H,26,27,28)/t10-/m0/s1. The van der Waals surface area contributed by atoms with Gasteiger partial charge in [0, 0.05) is 23.4 Å². The number of fused-ring (bicyclic) bond motifs is 4. The van der Waals surface area contributed by atoms with Crippen LogP contribution in [0.25, 0.3) is 20.4 Å². The maximum atomic E-state index is 12.4. The number of anilines is 2. The van der Waals surface area contributed by atoms with Crippen molar-refractivity contribution in [1.82, 2.24) is 24.9 Å². The van der Waals surface area contributed by atoms with Gasteiger partial charge in [-0.3, -0.25) is 4.79 Å². The minimum atomic E-state index is -4.29. The van der Waals surface area contributed by atoms with Crippen molar-refractivity contribution in [2.24, 2.45) is 5.92 Å². The van der Waals surface area contributed by atoms with Gasteiger partial charge in [0.1, 0.15) is 28.2 Å². The van der Waals surface area contributed by atoms with Gasteiger partial charge in [-0.2, -0.15) is 13.2 Å². The van der Waals surface area contributed by atoms with E-state index >= 15 is 0 Å². The van der Waals surface area contributed by atoms with Gasteiger partial charge in [-0.1, -0.05) is 4.49 Å². The molecule has 0 saturated carbocycles. The molecule has 0 fully saturated rings. The Labute approximate surface area is 199 Å². The Hall–Kier alpha value is -3.06. The summed E-state index contributed by atoms with van der Waals surface area (Å²) in [6.45, 7) is -0.404. The van der Waals surface area contributed by atoms with Crippen molar-refractivity contribution in [3.63, 3.8) is 0 Å². The van der Waals surface area contributed by atoms with Crippen LogP contribution in [0.3, 0.4) is 0 Å². The van der Waals surface area contributed by atoms with Crippen LogP contribution >= 0.6 is 22.9 Å². The molecule has 3 aromatic heterocycles. The fourth-order valence-corrected chi connectivity index (χ4v) is 5.95. The quantitative estimate of drug-likeness (QED) is 0.392. The van der Waals surface area contributed by atoms with Crippen LogP contribution in [-0.2, 0) is 17.6 Å². The lowest BCUT2D eigenvalue weighted by Gasteiger charge is -2.22. The van der Waals surface area contributed by atoms with Crippen LogP contribution in [0.2, 0.25) is 0 Å². The summed E-state index contributed by atoms with van der Waals surface area (Å²) < 4.78 is 47.5. The van der Waals surface area contributed by atoms with Crippen LogP contribution in [0.1, 0.15) is 23.3 Å². The number of aryl methyl sites for hydroxylation is 1. The minimum Gasteiger partial charge on any atom is -0.494 e. The predicted octanol–water partition coefficient (Wildman–Crippen LogP) is 4.62. The van der Waals surface area contributed by atoms with E-state index in [1.807, 2.05) is 12.1 Å². The van der Waals surface area contributed by atoms with Crippen molar-refractivity contribution in [2.45, 2.75) is 31.9 Å². The number of hydrogen-bond donors (Lipinski definition) is 2.